The van der Waals surface area contributed by atoms with Gasteiger partial charge in [0.05, 0.1) is 16.0 Å². The number of urea groups is 1. The van der Waals surface area contributed by atoms with Crippen molar-refractivity contribution in [3.8, 4) is 5.75 Å². The number of ether oxygens (including phenoxy) is 1. The second-order valence-electron chi connectivity index (χ2n) is 7.56. The van der Waals surface area contributed by atoms with E-state index < -0.39 is 11.9 Å². The SMILES string of the molecule is Cc1cccc(CN2C(=O)N/C(=C/c3cc(Cl)c(OCc4ccccc4F)c(Br)c3)C2=O)c1. The fourth-order valence-electron chi connectivity index (χ4n) is 3.44. The van der Waals surface area contributed by atoms with Crippen LogP contribution < -0.4 is 10.1 Å². The standard InChI is InChI=1S/C25H19BrClFN2O3/c1-15-5-4-6-16(9-15)13-30-24(31)22(29-25(30)32)12-17-10-19(26)23(20(27)11-17)33-14-18-7-2-3-8-21(18)28/h2-12H,13-14H2,1H3,(H,29,32)/b22-12+. The Bertz CT molecular complexity index is 1260. The van der Waals surface area contributed by atoms with Crippen LogP contribution >= 0.6 is 27.5 Å². The molecule has 1 fully saturated rings. The maximum Gasteiger partial charge on any atom is 0.329 e. The average Bonchev–Trinajstić information content (AvgIpc) is 3.02. The van der Waals surface area contributed by atoms with E-state index in [4.69, 9.17) is 16.3 Å². The molecule has 0 aromatic heterocycles. The van der Waals surface area contributed by atoms with Crippen molar-refractivity contribution in [1.82, 2.24) is 10.2 Å². The molecule has 0 saturated carbocycles. The highest BCUT2D eigenvalue weighted by Gasteiger charge is 2.33. The molecule has 0 radical (unpaired) electrons. The molecular weight excluding hydrogens is 511 g/mol. The van der Waals surface area contributed by atoms with Crippen molar-refractivity contribution in [2.75, 3.05) is 0 Å². The number of hydrogen-bond donors (Lipinski definition) is 1. The van der Waals surface area contributed by atoms with E-state index in [1.54, 1.807) is 36.4 Å². The highest BCUT2D eigenvalue weighted by molar-refractivity contribution is 9.10. The van der Waals surface area contributed by atoms with Gasteiger partial charge in [0.15, 0.2) is 5.75 Å². The molecule has 5 nitrogen and oxygen atoms in total. The minimum atomic E-state index is -0.484. The van der Waals surface area contributed by atoms with Crippen LogP contribution in [0.15, 0.2) is 70.8 Å². The van der Waals surface area contributed by atoms with Crippen molar-refractivity contribution in [2.45, 2.75) is 20.1 Å². The van der Waals surface area contributed by atoms with Gasteiger partial charge in [0.2, 0.25) is 0 Å². The summed E-state index contributed by atoms with van der Waals surface area (Å²) >= 11 is 9.80. The summed E-state index contributed by atoms with van der Waals surface area (Å²) in [6.45, 7) is 2.14. The van der Waals surface area contributed by atoms with E-state index in [1.807, 2.05) is 31.2 Å². The monoisotopic (exact) mass is 528 g/mol. The Labute approximate surface area is 203 Å². The minimum Gasteiger partial charge on any atom is -0.486 e. The zero-order valence-electron chi connectivity index (χ0n) is 17.6. The number of aryl methyl sites for hydroxylation is 1. The second kappa shape index (κ2) is 9.77. The number of nitrogens with one attached hydrogen (secondary N) is 1. The Morgan fingerprint density at radius 3 is 2.64 bits per heavy atom. The lowest BCUT2D eigenvalue weighted by atomic mass is 10.1. The molecule has 3 aromatic carbocycles. The highest BCUT2D eigenvalue weighted by Crippen LogP contribution is 2.36. The Balaban J connectivity index is 1.51. The molecule has 1 N–H and O–H groups in total. The first-order valence-electron chi connectivity index (χ1n) is 10.1. The lowest BCUT2D eigenvalue weighted by Crippen LogP contribution is -2.30. The van der Waals surface area contributed by atoms with Crippen LogP contribution in [0.25, 0.3) is 6.08 Å². The van der Waals surface area contributed by atoms with Crippen molar-refractivity contribution in [3.05, 3.63) is 104 Å². The first-order chi connectivity index (χ1) is 15.8. The first kappa shape index (κ1) is 23.0. The summed E-state index contributed by atoms with van der Waals surface area (Å²) in [5.41, 5.74) is 3.05. The van der Waals surface area contributed by atoms with E-state index in [-0.39, 0.29) is 29.7 Å². The van der Waals surface area contributed by atoms with Crippen molar-refractivity contribution in [2.24, 2.45) is 0 Å². The third-order valence-corrected chi connectivity index (χ3v) is 5.92. The predicted octanol–water partition coefficient (Wildman–Crippen LogP) is 6.22. The Morgan fingerprint density at radius 2 is 1.91 bits per heavy atom. The Kier molecular flexibility index (Phi) is 6.81. The van der Waals surface area contributed by atoms with Gasteiger partial charge in [-0.3, -0.25) is 9.69 Å². The molecule has 0 atom stereocenters. The molecule has 0 bridgehead atoms. The van der Waals surface area contributed by atoms with E-state index in [2.05, 4.69) is 21.2 Å². The van der Waals surface area contributed by atoms with Crippen molar-refractivity contribution < 1.29 is 18.7 Å². The van der Waals surface area contributed by atoms with Crippen LogP contribution in [-0.4, -0.2) is 16.8 Å². The quantitative estimate of drug-likeness (QED) is 0.305. The van der Waals surface area contributed by atoms with Crippen molar-refractivity contribution >= 4 is 45.5 Å². The number of rotatable bonds is 6. The van der Waals surface area contributed by atoms with Gasteiger partial charge in [0.1, 0.15) is 18.1 Å². The Morgan fingerprint density at radius 1 is 1.12 bits per heavy atom. The van der Waals surface area contributed by atoms with Gasteiger partial charge in [-0.05, 0) is 58.3 Å². The molecule has 3 aromatic rings. The zero-order chi connectivity index (χ0) is 23.5. The van der Waals surface area contributed by atoms with E-state index in [0.717, 1.165) is 16.0 Å². The molecule has 0 aliphatic carbocycles. The smallest absolute Gasteiger partial charge is 0.329 e. The predicted molar refractivity (Wildman–Crippen MR) is 128 cm³/mol. The number of carbonyl (C=O) groups excluding carboxylic acids is 2. The van der Waals surface area contributed by atoms with Crippen molar-refractivity contribution in [1.29, 1.82) is 0 Å². The summed E-state index contributed by atoms with van der Waals surface area (Å²) in [5, 5.41) is 2.89. The van der Waals surface area contributed by atoms with Gasteiger partial charge < -0.3 is 10.1 Å². The van der Waals surface area contributed by atoms with Gasteiger partial charge in [-0.15, -0.1) is 0 Å². The molecule has 3 amide bonds. The van der Waals surface area contributed by atoms with Crippen molar-refractivity contribution in [3.63, 3.8) is 0 Å². The summed E-state index contributed by atoms with van der Waals surface area (Å²) in [7, 11) is 0. The third kappa shape index (κ3) is 5.26. The van der Waals surface area contributed by atoms with Gasteiger partial charge >= 0.3 is 6.03 Å². The Hall–Kier alpha value is -3.16. The zero-order valence-corrected chi connectivity index (χ0v) is 19.9. The van der Waals surface area contributed by atoms with Crippen LogP contribution in [0.1, 0.15) is 22.3 Å². The number of benzene rings is 3. The highest BCUT2D eigenvalue weighted by atomic mass is 79.9. The summed E-state index contributed by atoms with van der Waals surface area (Å²) in [6, 6.07) is 16.8. The van der Waals surface area contributed by atoms with Crippen LogP contribution in [0.3, 0.4) is 0 Å². The lowest BCUT2D eigenvalue weighted by Gasteiger charge is -2.12. The number of imide groups is 1. The lowest BCUT2D eigenvalue weighted by molar-refractivity contribution is -0.123. The maximum atomic E-state index is 13.8. The number of hydrogen-bond acceptors (Lipinski definition) is 3. The molecule has 4 rings (SSSR count). The molecule has 1 aliphatic rings. The maximum absolute atomic E-state index is 13.8. The fraction of sp³-hybridized carbons (Fsp3) is 0.120. The molecule has 0 spiro atoms. The summed E-state index contributed by atoms with van der Waals surface area (Å²) < 4.78 is 20.1. The normalized spacial score (nSPS) is 14.7. The van der Waals surface area contributed by atoms with Gasteiger partial charge in [-0.1, -0.05) is 59.6 Å². The topological polar surface area (TPSA) is 58.6 Å². The molecule has 0 unspecified atom stereocenters. The molecule has 1 aliphatic heterocycles. The van der Waals surface area contributed by atoms with Crippen LogP contribution in [0.4, 0.5) is 9.18 Å². The van der Waals surface area contributed by atoms with Gasteiger partial charge in [0.25, 0.3) is 5.91 Å². The first-order valence-corrected chi connectivity index (χ1v) is 11.2. The van der Waals surface area contributed by atoms with E-state index in [9.17, 15) is 14.0 Å². The molecular formula is C25H19BrClFN2O3. The van der Waals surface area contributed by atoms with E-state index in [0.29, 0.717) is 21.3 Å². The van der Waals surface area contributed by atoms with Crippen LogP contribution in [0.2, 0.25) is 5.02 Å². The summed E-state index contributed by atoms with van der Waals surface area (Å²) in [6.07, 6.45) is 1.55. The number of nitrogens with zero attached hydrogens (tertiary/aromatic N) is 1. The molecule has 33 heavy (non-hydrogen) atoms. The fourth-order valence-corrected chi connectivity index (χ4v) is 4.43. The average molecular weight is 530 g/mol. The third-order valence-electron chi connectivity index (χ3n) is 5.05. The van der Waals surface area contributed by atoms with Gasteiger partial charge in [-0.2, -0.15) is 0 Å². The van der Waals surface area contributed by atoms with E-state index in [1.165, 1.54) is 6.07 Å². The van der Waals surface area contributed by atoms with Crippen LogP contribution in [-0.2, 0) is 17.9 Å². The molecule has 1 heterocycles. The molecule has 1 saturated heterocycles. The molecule has 168 valence electrons. The van der Waals surface area contributed by atoms with Gasteiger partial charge in [-0.25, -0.2) is 9.18 Å². The second-order valence-corrected chi connectivity index (χ2v) is 8.82. The van der Waals surface area contributed by atoms with Gasteiger partial charge in [0, 0.05) is 5.56 Å². The minimum absolute atomic E-state index is 0.00783. The number of halogens is 3. The van der Waals surface area contributed by atoms with E-state index >= 15 is 0 Å². The molecule has 8 heteroatoms. The number of amides is 3. The summed E-state index contributed by atoms with van der Waals surface area (Å²) in [5.74, 6) is -0.435. The van der Waals surface area contributed by atoms with Crippen LogP contribution in [0.5, 0.6) is 5.75 Å². The largest absolute Gasteiger partial charge is 0.486 e. The number of carbonyl (C=O) groups is 2. The van der Waals surface area contributed by atoms with Crippen LogP contribution in [0, 0.1) is 12.7 Å². The summed E-state index contributed by atoms with van der Waals surface area (Å²) in [4.78, 5) is 26.3.